The molecule has 10 heteroatoms. The average molecular weight is 553 g/mol. The molecule has 1 amide bonds. The van der Waals surface area contributed by atoms with Crippen LogP contribution in [0.5, 0.6) is 0 Å². The summed E-state index contributed by atoms with van der Waals surface area (Å²) in [7, 11) is -1.20. The second-order valence-electron chi connectivity index (χ2n) is 10.5. The van der Waals surface area contributed by atoms with E-state index in [1.807, 2.05) is 42.6 Å². The monoisotopic (exact) mass is 552 g/mol. The zero-order chi connectivity index (χ0) is 28.0. The van der Waals surface area contributed by atoms with E-state index in [1.165, 1.54) is 12.1 Å². The number of nitrogens with one attached hydrogen (secondary N) is 1. The number of benzene rings is 2. The number of hydrogen-bond donors (Lipinski definition) is 1. The first-order chi connectivity index (χ1) is 18.5. The summed E-state index contributed by atoms with van der Waals surface area (Å²) in [4.78, 5) is 16.7. The van der Waals surface area contributed by atoms with Crippen molar-refractivity contribution in [2.24, 2.45) is 0 Å². The van der Waals surface area contributed by atoms with Gasteiger partial charge in [-0.2, -0.15) is 18.3 Å². The molecule has 0 radical (unpaired) electrons. The molecular formula is C29H31F3N4O2Si. The van der Waals surface area contributed by atoms with Gasteiger partial charge >= 0.3 is 6.18 Å². The highest BCUT2D eigenvalue weighted by atomic mass is 28.3. The summed E-state index contributed by atoms with van der Waals surface area (Å²) in [6.45, 7) is 8.16. The Morgan fingerprint density at radius 1 is 1.00 bits per heavy atom. The SMILES string of the molecule is C[Si](C)(C)CCOCn1cc(-c2ccncc2)c(-c2cccc(CNC(=O)c3ccc(C(F)(F)F)cc3)c2)n1. The van der Waals surface area contributed by atoms with E-state index in [4.69, 9.17) is 9.84 Å². The van der Waals surface area contributed by atoms with Crippen LogP contribution in [0.25, 0.3) is 22.4 Å². The molecule has 0 aliphatic rings. The zero-order valence-corrected chi connectivity index (χ0v) is 23.1. The average Bonchev–Trinajstić information content (AvgIpc) is 3.34. The topological polar surface area (TPSA) is 69.0 Å². The highest BCUT2D eigenvalue weighted by Gasteiger charge is 2.30. The van der Waals surface area contributed by atoms with Gasteiger partial charge in [0.05, 0.1) is 5.56 Å². The highest BCUT2D eigenvalue weighted by Crippen LogP contribution is 2.32. The molecule has 0 bridgehead atoms. The quantitative estimate of drug-likeness (QED) is 0.172. The number of nitrogens with zero attached hydrogens (tertiary/aromatic N) is 3. The number of pyridine rings is 1. The number of carbonyl (C=O) groups is 1. The van der Waals surface area contributed by atoms with Gasteiger partial charge in [0.25, 0.3) is 5.91 Å². The molecule has 39 heavy (non-hydrogen) atoms. The second-order valence-corrected chi connectivity index (χ2v) is 16.1. The van der Waals surface area contributed by atoms with Crippen LogP contribution in [-0.2, 0) is 24.2 Å². The molecule has 0 aliphatic heterocycles. The van der Waals surface area contributed by atoms with Crippen molar-refractivity contribution in [2.75, 3.05) is 6.61 Å². The zero-order valence-electron chi connectivity index (χ0n) is 22.1. The van der Waals surface area contributed by atoms with Crippen molar-refractivity contribution in [1.29, 1.82) is 0 Å². The number of amides is 1. The maximum atomic E-state index is 12.8. The molecule has 4 rings (SSSR count). The Balaban J connectivity index is 1.50. The van der Waals surface area contributed by atoms with E-state index in [2.05, 4.69) is 29.9 Å². The molecule has 0 unspecified atom stereocenters. The minimum absolute atomic E-state index is 0.159. The summed E-state index contributed by atoms with van der Waals surface area (Å²) in [5.41, 5.74) is 3.72. The fourth-order valence-corrected chi connectivity index (χ4v) is 4.66. The third kappa shape index (κ3) is 7.87. The fraction of sp³-hybridized carbons (Fsp3) is 0.276. The summed E-state index contributed by atoms with van der Waals surface area (Å²) in [6, 6.07) is 16.7. The van der Waals surface area contributed by atoms with E-state index in [0.29, 0.717) is 13.3 Å². The van der Waals surface area contributed by atoms with Crippen molar-refractivity contribution in [3.05, 3.63) is 95.9 Å². The fourth-order valence-electron chi connectivity index (χ4n) is 3.90. The molecule has 0 spiro atoms. The van der Waals surface area contributed by atoms with Gasteiger partial charge in [0.1, 0.15) is 12.4 Å². The lowest BCUT2D eigenvalue weighted by atomic mass is 10.0. The van der Waals surface area contributed by atoms with Crippen LogP contribution >= 0.6 is 0 Å². The number of aromatic nitrogens is 3. The van der Waals surface area contributed by atoms with Crippen molar-refractivity contribution >= 4 is 14.0 Å². The minimum atomic E-state index is -4.45. The van der Waals surface area contributed by atoms with E-state index in [-0.39, 0.29) is 12.1 Å². The van der Waals surface area contributed by atoms with Crippen molar-refractivity contribution in [3.8, 4) is 22.4 Å². The predicted octanol–water partition coefficient (Wildman–Crippen LogP) is 6.87. The Morgan fingerprint density at radius 2 is 1.72 bits per heavy atom. The molecule has 0 aliphatic carbocycles. The van der Waals surface area contributed by atoms with Crippen LogP contribution in [0, 0.1) is 0 Å². The van der Waals surface area contributed by atoms with Gasteiger partial charge < -0.3 is 10.1 Å². The Bertz CT molecular complexity index is 1400. The molecule has 4 aromatic rings. The summed E-state index contributed by atoms with van der Waals surface area (Å²) in [5, 5.41) is 7.59. The van der Waals surface area contributed by atoms with Crippen LogP contribution in [0.2, 0.25) is 25.7 Å². The lowest BCUT2D eigenvalue weighted by Crippen LogP contribution is -2.22. The third-order valence-electron chi connectivity index (χ3n) is 6.10. The molecule has 0 saturated carbocycles. The Labute approximate surface area is 226 Å². The lowest BCUT2D eigenvalue weighted by Gasteiger charge is -2.15. The van der Waals surface area contributed by atoms with Crippen LogP contribution in [0.4, 0.5) is 13.2 Å². The normalized spacial score (nSPS) is 11.9. The van der Waals surface area contributed by atoms with Gasteiger partial charge in [0.2, 0.25) is 0 Å². The minimum Gasteiger partial charge on any atom is -0.360 e. The van der Waals surface area contributed by atoms with E-state index in [0.717, 1.165) is 46.1 Å². The van der Waals surface area contributed by atoms with Crippen molar-refractivity contribution in [1.82, 2.24) is 20.1 Å². The molecule has 0 fully saturated rings. The Hall–Kier alpha value is -3.76. The molecule has 0 saturated heterocycles. The first kappa shape index (κ1) is 28.3. The van der Waals surface area contributed by atoms with Crippen LogP contribution in [-0.4, -0.2) is 35.4 Å². The summed E-state index contributed by atoms with van der Waals surface area (Å²) in [5.74, 6) is -0.452. The van der Waals surface area contributed by atoms with E-state index in [1.54, 1.807) is 17.1 Å². The molecule has 2 aromatic carbocycles. The number of rotatable bonds is 10. The summed E-state index contributed by atoms with van der Waals surface area (Å²) >= 11 is 0. The molecule has 2 aromatic heterocycles. The maximum Gasteiger partial charge on any atom is 0.416 e. The number of carbonyl (C=O) groups excluding carboxylic acids is 1. The maximum absolute atomic E-state index is 12.8. The molecule has 6 nitrogen and oxygen atoms in total. The van der Waals surface area contributed by atoms with E-state index >= 15 is 0 Å². The van der Waals surface area contributed by atoms with Gasteiger partial charge in [-0.05, 0) is 59.6 Å². The molecular weight excluding hydrogens is 521 g/mol. The number of ether oxygens (including phenoxy) is 1. The number of alkyl halides is 3. The van der Waals surface area contributed by atoms with E-state index in [9.17, 15) is 18.0 Å². The van der Waals surface area contributed by atoms with Gasteiger partial charge in [-0.15, -0.1) is 0 Å². The molecule has 0 atom stereocenters. The van der Waals surface area contributed by atoms with Gasteiger partial charge in [0, 0.05) is 56.5 Å². The van der Waals surface area contributed by atoms with Gasteiger partial charge in [0.15, 0.2) is 0 Å². The second kappa shape index (κ2) is 12.0. The Morgan fingerprint density at radius 3 is 2.38 bits per heavy atom. The third-order valence-corrected chi connectivity index (χ3v) is 7.80. The van der Waals surface area contributed by atoms with E-state index < -0.39 is 25.7 Å². The number of hydrogen-bond acceptors (Lipinski definition) is 4. The molecule has 2 heterocycles. The van der Waals surface area contributed by atoms with Gasteiger partial charge in [-0.3, -0.25) is 9.78 Å². The number of halogens is 3. The standard InChI is InChI=1S/C29H31F3N4O2Si/c1-39(2,3)16-15-38-20-36-19-26(22-11-13-33-14-12-22)27(35-36)24-6-4-5-21(17-24)18-34-28(37)23-7-9-25(10-8-23)29(30,31)32/h4-14,17,19H,15-16,18,20H2,1-3H3,(H,34,37). The van der Waals surface area contributed by atoms with Crippen LogP contribution in [0.15, 0.2) is 79.3 Å². The Kier molecular flexibility index (Phi) is 8.66. The van der Waals surface area contributed by atoms with Crippen molar-refractivity contribution < 1.29 is 22.7 Å². The first-order valence-electron chi connectivity index (χ1n) is 12.6. The lowest BCUT2D eigenvalue weighted by molar-refractivity contribution is -0.137. The predicted molar refractivity (Wildman–Crippen MR) is 148 cm³/mol. The molecule has 204 valence electrons. The summed E-state index contributed by atoms with van der Waals surface area (Å²) < 4.78 is 46.1. The highest BCUT2D eigenvalue weighted by molar-refractivity contribution is 6.76. The summed E-state index contributed by atoms with van der Waals surface area (Å²) in [6.07, 6.45) is 0.970. The van der Waals surface area contributed by atoms with Gasteiger partial charge in [-0.25, -0.2) is 4.68 Å². The molecule has 1 N–H and O–H groups in total. The van der Waals surface area contributed by atoms with Crippen molar-refractivity contribution in [3.63, 3.8) is 0 Å². The van der Waals surface area contributed by atoms with Crippen LogP contribution < -0.4 is 5.32 Å². The largest absolute Gasteiger partial charge is 0.416 e. The smallest absolute Gasteiger partial charge is 0.360 e. The first-order valence-corrected chi connectivity index (χ1v) is 16.3. The van der Waals surface area contributed by atoms with Crippen molar-refractivity contribution in [2.45, 2.75) is 45.1 Å². The van der Waals surface area contributed by atoms with Crippen LogP contribution in [0.3, 0.4) is 0 Å². The van der Waals surface area contributed by atoms with Crippen LogP contribution in [0.1, 0.15) is 21.5 Å². The van der Waals surface area contributed by atoms with Gasteiger partial charge in [-0.1, -0.05) is 37.8 Å².